The van der Waals surface area contributed by atoms with Gasteiger partial charge in [0, 0.05) is 12.4 Å². The topological polar surface area (TPSA) is 44.1 Å². The third kappa shape index (κ3) is 2.89. The summed E-state index contributed by atoms with van der Waals surface area (Å²) in [6.07, 6.45) is 4.29. The van der Waals surface area contributed by atoms with Crippen molar-refractivity contribution in [3.05, 3.63) is 18.2 Å². The zero-order chi connectivity index (χ0) is 9.68. The van der Waals surface area contributed by atoms with E-state index in [1.165, 1.54) is 0 Å². The second-order valence-corrected chi connectivity index (χ2v) is 2.82. The molecule has 1 aromatic heterocycles. The molecule has 0 unspecified atom stereocenters. The van der Waals surface area contributed by atoms with Gasteiger partial charge >= 0.3 is 5.97 Å². The van der Waals surface area contributed by atoms with Gasteiger partial charge in [-0.2, -0.15) is 0 Å². The maximum Gasteiger partial charge on any atom is 0.325 e. The van der Waals surface area contributed by atoms with Crippen molar-refractivity contribution in [2.75, 3.05) is 6.61 Å². The number of esters is 1. The number of nitrogens with zero attached hydrogens (tertiary/aromatic N) is 2. The van der Waals surface area contributed by atoms with Gasteiger partial charge in [-0.1, -0.05) is 6.92 Å². The molecule has 13 heavy (non-hydrogen) atoms. The predicted molar refractivity (Wildman–Crippen MR) is 48.2 cm³/mol. The lowest BCUT2D eigenvalue weighted by Crippen LogP contribution is -2.14. The number of carbonyl (C=O) groups is 1. The van der Waals surface area contributed by atoms with E-state index in [1.807, 2.05) is 13.8 Å². The molecule has 0 saturated carbocycles. The molecule has 0 aliphatic rings. The first-order chi connectivity index (χ1) is 6.24. The normalized spacial score (nSPS) is 10.0. The first-order valence-electron chi connectivity index (χ1n) is 4.37. The SMILES string of the molecule is CCCOC(=O)Cn1ccnc1C. The third-order valence-electron chi connectivity index (χ3n) is 1.69. The quantitative estimate of drug-likeness (QED) is 0.656. The molecule has 1 heterocycles. The standard InChI is InChI=1S/C9H14N2O2/c1-3-6-13-9(12)7-11-5-4-10-8(11)2/h4-5H,3,6-7H2,1-2H3. The van der Waals surface area contributed by atoms with Gasteiger partial charge in [-0.25, -0.2) is 4.98 Å². The fourth-order valence-corrected chi connectivity index (χ4v) is 0.971. The summed E-state index contributed by atoms with van der Waals surface area (Å²) < 4.78 is 6.69. The fraction of sp³-hybridized carbons (Fsp3) is 0.556. The van der Waals surface area contributed by atoms with Gasteiger partial charge in [0.25, 0.3) is 0 Å². The average Bonchev–Trinajstić information content (AvgIpc) is 2.48. The highest BCUT2D eigenvalue weighted by Crippen LogP contribution is 1.96. The number of ether oxygens (including phenoxy) is 1. The van der Waals surface area contributed by atoms with Crippen LogP contribution in [0.4, 0.5) is 0 Å². The first kappa shape index (κ1) is 9.77. The van der Waals surface area contributed by atoms with E-state index in [4.69, 9.17) is 4.74 Å². The molecule has 0 aliphatic heterocycles. The Morgan fingerprint density at radius 2 is 2.46 bits per heavy atom. The van der Waals surface area contributed by atoms with Crippen LogP contribution in [0.3, 0.4) is 0 Å². The highest BCUT2D eigenvalue weighted by molar-refractivity contribution is 5.69. The van der Waals surface area contributed by atoms with Gasteiger partial charge in [-0.05, 0) is 13.3 Å². The molecular weight excluding hydrogens is 168 g/mol. The fourth-order valence-electron chi connectivity index (χ4n) is 0.971. The monoisotopic (exact) mass is 182 g/mol. The summed E-state index contributed by atoms with van der Waals surface area (Å²) in [5, 5.41) is 0. The van der Waals surface area contributed by atoms with Gasteiger partial charge in [0.1, 0.15) is 12.4 Å². The van der Waals surface area contributed by atoms with E-state index in [1.54, 1.807) is 17.0 Å². The lowest BCUT2D eigenvalue weighted by molar-refractivity contribution is -0.144. The molecule has 0 aliphatic carbocycles. The van der Waals surface area contributed by atoms with Gasteiger partial charge in [-0.3, -0.25) is 4.79 Å². The first-order valence-corrected chi connectivity index (χ1v) is 4.37. The Morgan fingerprint density at radius 3 is 3.00 bits per heavy atom. The molecule has 0 saturated heterocycles. The summed E-state index contributed by atoms with van der Waals surface area (Å²) in [4.78, 5) is 15.2. The summed E-state index contributed by atoms with van der Waals surface area (Å²) >= 11 is 0. The van der Waals surface area contributed by atoms with E-state index < -0.39 is 0 Å². The molecule has 4 heteroatoms. The van der Waals surface area contributed by atoms with Crippen LogP contribution in [0.1, 0.15) is 19.2 Å². The molecule has 0 spiro atoms. The Kier molecular flexibility index (Phi) is 3.49. The van der Waals surface area contributed by atoms with Gasteiger partial charge in [0.15, 0.2) is 0 Å². The molecule has 1 aromatic rings. The van der Waals surface area contributed by atoms with Crippen molar-refractivity contribution < 1.29 is 9.53 Å². The maximum atomic E-state index is 11.2. The maximum absolute atomic E-state index is 11.2. The van der Waals surface area contributed by atoms with Gasteiger partial charge in [0.2, 0.25) is 0 Å². The second kappa shape index (κ2) is 4.64. The molecule has 4 nitrogen and oxygen atoms in total. The van der Waals surface area contributed by atoms with Crippen LogP contribution in [-0.2, 0) is 16.1 Å². The molecule has 0 atom stereocenters. The smallest absolute Gasteiger partial charge is 0.325 e. The third-order valence-corrected chi connectivity index (χ3v) is 1.69. The van der Waals surface area contributed by atoms with E-state index in [9.17, 15) is 4.79 Å². The van der Waals surface area contributed by atoms with Crippen LogP contribution in [0.2, 0.25) is 0 Å². The molecule has 0 amide bonds. The second-order valence-electron chi connectivity index (χ2n) is 2.82. The van der Waals surface area contributed by atoms with E-state index >= 15 is 0 Å². The molecular formula is C9H14N2O2. The zero-order valence-electron chi connectivity index (χ0n) is 7.99. The van der Waals surface area contributed by atoms with E-state index in [-0.39, 0.29) is 12.5 Å². The molecule has 0 bridgehead atoms. The highest BCUT2D eigenvalue weighted by atomic mass is 16.5. The number of imidazole rings is 1. The molecule has 0 radical (unpaired) electrons. The van der Waals surface area contributed by atoms with Gasteiger partial charge < -0.3 is 9.30 Å². The molecule has 0 aromatic carbocycles. The largest absolute Gasteiger partial charge is 0.464 e. The van der Waals surface area contributed by atoms with Crippen LogP contribution in [0, 0.1) is 6.92 Å². The van der Waals surface area contributed by atoms with Crippen LogP contribution in [0.15, 0.2) is 12.4 Å². The van der Waals surface area contributed by atoms with Crippen LogP contribution >= 0.6 is 0 Å². The van der Waals surface area contributed by atoms with Crippen LogP contribution in [0.25, 0.3) is 0 Å². The Balaban J connectivity index is 2.41. The van der Waals surface area contributed by atoms with Crippen molar-refractivity contribution in [2.24, 2.45) is 0 Å². The van der Waals surface area contributed by atoms with Crippen LogP contribution in [0.5, 0.6) is 0 Å². The van der Waals surface area contributed by atoms with Crippen molar-refractivity contribution in [1.29, 1.82) is 0 Å². The number of carbonyl (C=O) groups excluding carboxylic acids is 1. The number of hydrogen-bond acceptors (Lipinski definition) is 3. The summed E-state index contributed by atoms with van der Waals surface area (Å²) in [5.74, 6) is 0.622. The number of aromatic nitrogens is 2. The highest BCUT2D eigenvalue weighted by Gasteiger charge is 2.04. The number of aryl methyl sites for hydroxylation is 1. The molecule has 0 N–H and O–H groups in total. The lowest BCUT2D eigenvalue weighted by Gasteiger charge is -2.04. The predicted octanol–water partition coefficient (Wildman–Crippen LogP) is 1.14. The average molecular weight is 182 g/mol. The van der Waals surface area contributed by atoms with Crippen molar-refractivity contribution in [3.63, 3.8) is 0 Å². The number of hydrogen-bond donors (Lipinski definition) is 0. The van der Waals surface area contributed by atoms with Crippen LogP contribution in [-0.4, -0.2) is 22.1 Å². The Hall–Kier alpha value is -1.32. The van der Waals surface area contributed by atoms with Crippen molar-refractivity contribution in [3.8, 4) is 0 Å². The lowest BCUT2D eigenvalue weighted by atomic mass is 10.5. The Bertz CT molecular complexity index is 281. The van der Waals surface area contributed by atoms with Crippen molar-refractivity contribution in [2.45, 2.75) is 26.8 Å². The van der Waals surface area contributed by atoms with E-state index in [2.05, 4.69) is 4.98 Å². The molecule has 1 rings (SSSR count). The van der Waals surface area contributed by atoms with Crippen molar-refractivity contribution >= 4 is 5.97 Å². The number of rotatable bonds is 4. The molecule has 0 fully saturated rings. The summed E-state index contributed by atoms with van der Waals surface area (Å²) in [6.45, 7) is 4.57. The minimum Gasteiger partial charge on any atom is -0.464 e. The van der Waals surface area contributed by atoms with Crippen molar-refractivity contribution in [1.82, 2.24) is 9.55 Å². The van der Waals surface area contributed by atoms with Gasteiger partial charge in [-0.15, -0.1) is 0 Å². The van der Waals surface area contributed by atoms with E-state index in [0.29, 0.717) is 6.61 Å². The van der Waals surface area contributed by atoms with Crippen LogP contribution < -0.4 is 0 Å². The summed E-state index contributed by atoms with van der Waals surface area (Å²) in [7, 11) is 0. The molecule has 72 valence electrons. The Labute approximate surface area is 77.5 Å². The van der Waals surface area contributed by atoms with E-state index in [0.717, 1.165) is 12.2 Å². The Morgan fingerprint density at radius 1 is 1.69 bits per heavy atom. The summed E-state index contributed by atoms with van der Waals surface area (Å²) in [6, 6.07) is 0. The minimum atomic E-state index is -0.206. The minimum absolute atomic E-state index is 0.206. The zero-order valence-corrected chi connectivity index (χ0v) is 7.99. The van der Waals surface area contributed by atoms with Gasteiger partial charge in [0.05, 0.1) is 6.61 Å². The summed E-state index contributed by atoms with van der Waals surface area (Å²) in [5.41, 5.74) is 0.